The molecule has 2 aromatic heterocycles. The lowest BCUT2D eigenvalue weighted by Crippen LogP contribution is -2.08. The van der Waals surface area contributed by atoms with E-state index in [9.17, 15) is 4.79 Å². The number of rotatable bonds is 6. The van der Waals surface area contributed by atoms with Crippen molar-refractivity contribution in [2.45, 2.75) is 6.61 Å². The quantitative estimate of drug-likeness (QED) is 0.371. The SMILES string of the molecule is COc1cccc(OCc2noc3cc(OC(=O)c4ccncc4)ccc23)c1. The van der Waals surface area contributed by atoms with E-state index in [0.717, 1.165) is 5.39 Å². The summed E-state index contributed by atoms with van der Waals surface area (Å²) in [5, 5.41) is 4.84. The number of hydrogen-bond donors (Lipinski definition) is 0. The molecule has 0 bridgehead atoms. The summed E-state index contributed by atoms with van der Waals surface area (Å²) < 4.78 is 21.7. The van der Waals surface area contributed by atoms with Crippen LogP contribution in [0.3, 0.4) is 0 Å². The summed E-state index contributed by atoms with van der Waals surface area (Å²) in [4.78, 5) is 16.0. The summed E-state index contributed by atoms with van der Waals surface area (Å²) >= 11 is 0. The molecule has 28 heavy (non-hydrogen) atoms. The number of hydrogen-bond acceptors (Lipinski definition) is 7. The first-order valence-corrected chi connectivity index (χ1v) is 8.50. The Bertz CT molecular complexity index is 1110. The molecule has 2 aromatic carbocycles. The molecule has 140 valence electrons. The molecule has 0 fully saturated rings. The Kier molecular flexibility index (Phi) is 4.88. The molecule has 0 N–H and O–H groups in total. The minimum atomic E-state index is -0.470. The third kappa shape index (κ3) is 3.78. The number of ether oxygens (including phenoxy) is 3. The number of benzene rings is 2. The van der Waals surface area contributed by atoms with Gasteiger partial charge in [0.2, 0.25) is 0 Å². The van der Waals surface area contributed by atoms with E-state index in [4.69, 9.17) is 18.7 Å². The number of fused-ring (bicyclic) bond motifs is 1. The molecule has 2 heterocycles. The highest BCUT2D eigenvalue weighted by atomic mass is 16.5. The Labute approximate surface area is 160 Å². The Morgan fingerprint density at radius 3 is 2.64 bits per heavy atom. The van der Waals surface area contributed by atoms with Gasteiger partial charge in [-0.05, 0) is 36.4 Å². The van der Waals surface area contributed by atoms with Crippen molar-refractivity contribution >= 4 is 16.9 Å². The molecule has 0 unspecified atom stereocenters. The van der Waals surface area contributed by atoms with Gasteiger partial charge < -0.3 is 18.7 Å². The summed E-state index contributed by atoms with van der Waals surface area (Å²) in [6.45, 7) is 0.232. The van der Waals surface area contributed by atoms with Crippen molar-refractivity contribution in [2.24, 2.45) is 0 Å². The zero-order valence-electron chi connectivity index (χ0n) is 15.0. The van der Waals surface area contributed by atoms with Crippen molar-refractivity contribution in [2.75, 3.05) is 7.11 Å². The van der Waals surface area contributed by atoms with E-state index in [1.165, 1.54) is 12.4 Å². The number of carbonyl (C=O) groups is 1. The second kappa shape index (κ2) is 7.79. The molecule has 0 aliphatic heterocycles. The Hall–Kier alpha value is -3.87. The first kappa shape index (κ1) is 17.5. The Morgan fingerprint density at radius 2 is 1.82 bits per heavy atom. The van der Waals surface area contributed by atoms with E-state index in [-0.39, 0.29) is 6.61 Å². The molecule has 0 aliphatic rings. The van der Waals surface area contributed by atoms with Crippen LogP contribution in [0.1, 0.15) is 16.1 Å². The summed E-state index contributed by atoms with van der Waals surface area (Å²) in [6, 6.07) is 15.6. The number of nitrogens with zero attached hydrogens (tertiary/aromatic N) is 2. The van der Waals surface area contributed by atoms with Crippen LogP contribution >= 0.6 is 0 Å². The first-order valence-electron chi connectivity index (χ1n) is 8.50. The molecule has 4 aromatic rings. The fraction of sp³-hybridized carbons (Fsp3) is 0.0952. The predicted molar refractivity (Wildman–Crippen MR) is 101 cm³/mol. The van der Waals surface area contributed by atoms with Gasteiger partial charge in [0.25, 0.3) is 0 Å². The second-order valence-corrected chi connectivity index (χ2v) is 5.88. The normalized spacial score (nSPS) is 10.6. The minimum Gasteiger partial charge on any atom is -0.497 e. The van der Waals surface area contributed by atoms with Crippen LogP contribution in [0.4, 0.5) is 0 Å². The maximum absolute atomic E-state index is 12.1. The summed E-state index contributed by atoms with van der Waals surface area (Å²) in [5.41, 5.74) is 1.56. The fourth-order valence-electron chi connectivity index (χ4n) is 2.63. The van der Waals surface area contributed by atoms with E-state index in [1.807, 2.05) is 18.2 Å². The van der Waals surface area contributed by atoms with Gasteiger partial charge >= 0.3 is 5.97 Å². The topological polar surface area (TPSA) is 83.7 Å². The Balaban J connectivity index is 1.47. The van der Waals surface area contributed by atoms with Gasteiger partial charge in [-0.25, -0.2) is 4.79 Å². The van der Waals surface area contributed by atoms with E-state index in [1.54, 1.807) is 43.5 Å². The Morgan fingerprint density at radius 1 is 1.00 bits per heavy atom. The van der Waals surface area contributed by atoms with Crippen molar-refractivity contribution in [3.8, 4) is 17.2 Å². The largest absolute Gasteiger partial charge is 0.497 e. The fourth-order valence-corrected chi connectivity index (χ4v) is 2.63. The number of methoxy groups -OCH3 is 1. The van der Waals surface area contributed by atoms with Crippen molar-refractivity contribution in [1.82, 2.24) is 10.1 Å². The van der Waals surface area contributed by atoms with Crippen molar-refractivity contribution in [1.29, 1.82) is 0 Å². The highest BCUT2D eigenvalue weighted by Crippen LogP contribution is 2.26. The number of esters is 1. The van der Waals surface area contributed by atoms with Crippen LogP contribution < -0.4 is 14.2 Å². The molecule has 0 radical (unpaired) electrons. The van der Waals surface area contributed by atoms with E-state index >= 15 is 0 Å². The molecular formula is C21H16N2O5. The lowest BCUT2D eigenvalue weighted by molar-refractivity contribution is 0.0735. The van der Waals surface area contributed by atoms with Gasteiger partial charge in [0, 0.05) is 29.9 Å². The third-order valence-electron chi connectivity index (χ3n) is 4.06. The van der Waals surface area contributed by atoms with Gasteiger partial charge in [0.05, 0.1) is 12.7 Å². The molecule has 0 spiro atoms. The van der Waals surface area contributed by atoms with Crippen LogP contribution in [-0.2, 0) is 6.61 Å². The molecule has 0 saturated carbocycles. The monoisotopic (exact) mass is 376 g/mol. The molecule has 0 saturated heterocycles. The van der Waals surface area contributed by atoms with Gasteiger partial charge in [-0.2, -0.15) is 0 Å². The van der Waals surface area contributed by atoms with Crippen LogP contribution in [-0.4, -0.2) is 23.2 Å². The van der Waals surface area contributed by atoms with Crippen LogP contribution in [0, 0.1) is 0 Å². The van der Waals surface area contributed by atoms with Gasteiger partial charge in [-0.3, -0.25) is 4.98 Å². The van der Waals surface area contributed by atoms with Gasteiger partial charge in [0.1, 0.15) is 29.5 Å². The van der Waals surface area contributed by atoms with Crippen LogP contribution in [0.25, 0.3) is 11.0 Å². The summed E-state index contributed by atoms with van der Waals surface area (Å²) in [5.74, 6) is 1.27. The van der Waals surface area contributed by atoms with Crippen LogP contribution in [0.5, 0.6) is 17.2 Å². The smallest absolute Gasteiger partial charge is 0.343 e. The molecular weight excluding hydrogens is 360 g/mol. The first-order chi connectivity index (χ1) is 13.7. The number of pyridine rings is 1. The highest BCUT2D eigenvalue weighted by Gasteiger charge is 2.13. The number of aromatic nitrogens is 2. The second-order valence-electron chi connectivity index (χ2n) is 5.88. The number of carbonyl (C=O) groups excluding carboxylic acids is 1. The van der Waals surface area contributed by atoms with Crippen molar-refractivity contribution in [3.05, 3.63) is 78.2 Å². The van der Waals surface area contributed by atoms with E-state index in [0.29, 0.717) is 34.1 Å². The summed E-state index contributed by atoms with van der Waals surface area (Å²) in [6.07, 6.45) is 3.07. The lowest BCUT2D eigenvalue weighted by atomic mass is 10.2. The van der Waals surface area contributed by atoms with E-state index in [2.05, 4.69) is 10.1 Å². The molecule has 0 atom stereocenters. The zero-order chi connectivity index (χ0) is 19.3. The van der Waals surface area contributed by atoms with Crippen molar-refractivity contribution in [3.63, 3.8) is 0 Å². The molecule has 7 heteroatoms. The summed E-state index contributed by atoms with van der Waals surface area (Å²) in [7, 11) is 1.60. The zero-order valence-corrected chi connectivity index (χ0v) is 15.0. The molecule has 0 amide bonds. The molecule has 7 nitrogen and oxygen atoms in total. The molecule has 4 rings (SSSR count). The molecule has 0 aliphatic carbocycles. The maximum Gasteiger partial charge on any atom is 0.343 e. The minimum absolute atomic E-state index is 0.232. The van der Waals surface area contributed by atoms with Gasteiger partial charge in [-0.15, -0.1) is 0 Å². The highest BCUT2D eigenvalue weighted by molar-refractivity contribution is 5.91. The predicted octanol–water partition coefficient (Wildman–Crippen LogP) is 4.03. The average Bonchev–Trinajstić information content (AvgIpc) is 3.15. The average molecular weight is 376 g/mol. The third-order valence-corrected chi connectivity index (χ3v) is 4.06. The van der Waals surface area contributed by atoms with E-state index < -0.39 is 5.97 Å². The lowest BCUT2D eigenvalue weighted by Gasteiger charge is -2.06. The van der Waals surface area contributed by atoms with Crippen LogP contribution in [0.2, 0.25) is 0 Å². The van der Waals surface area contributed by atoms with Crippen LogP contribution in [0.15, 0.2) is 71.5 Å². The van der Waals surface area contributed by atoms with Gasteiger partial charge in [0.15, 0.2) is 5.58 Å². The van der Waals surface area contributed by atoms with Crippen molar-refractivity contribution < 1.29 is 23.5 Å². The maximum atomic E-state index is 12.1. The van der Waals surface area contributed by atoms with Gasteiger partial charge in [-0.1, -0.05) is 11.2 Å². The standard InChI is InChI=1S/C21H16N2O5/c1-25-15-3-2-4-16(11-15)26-13-19-18-6-5-17(12-20(18)28-23-19)27-21(24)14-7-9-22-10-8-14/h2-12H,13H2,1H3.